The van der Waals surface area contributed by atoms with E-state index in [2.05, 4.69) is 15.9 Å². The third-order valence-corrected chi connectivity index (χ3v) is 7.29. The average molecular weight is 584 g/mol. The summed E-state index contributed by atoms with van der Waals surface area (Å²) >= 11 is 3.47. The number of fused-ring (bicyclic) bond motifs is 1. The Labute approximate surface area is 234 Å². The van der Waals surface area contributed by atoms with Crippen molar-refractivity contribution in [3.05, 3.63) is 141 Å². The van der Waals surface area contributed by atoms with Crippen molar-refractivity contribution in [2.24, 2.45) is 0 Å². The summed E-state index contributed by atoms with van der Waals surface area (Å²) in [5.74, 6) is -0.337. The molecule has 0 aliphatic heterocycles. The first kappa shape index (κ1) is 26.5. The fourth-order valence-electron chi connectivity index (χ4n) is 4.84. The summed E-state index contributed by atoms with van der Waals surface area (Å²) in [6, 6.07) is 29.7. The predicted molar refractivity (Wildman–Crippen MR) is 156 cm³/mol. The third kappa shape index (κ3) is 5.68. The SMILES string of the molecule is CCC(c1nc2ccccc2c(=O)n1-c1ccc(Br)cc1)N(CCc1ccccc1)C(=O)c1cccc(F)c1. The van der Waals surface area contributed by atoms with Crippen molar-refractivity contribution in [2.45, 2.75) is 25.8 Å². The van der Waals surface area contributed by atoms with Gasteiger partial charge in [0, 0.05) is 16.6 Å². The lowest BCUT2D eigenvalue weighted by Gasteiger charge is -2.32. The summed E-state index contributed by atoms with van der Waals surface area (Å²) in [4.78, 5) is 34.5. The van der Waals surface area contributed by atoms with Crippen LogP contribution < -0.4 is 5.56 Å². The van der Waals surface area contributed by atoms with Gasteiger partial charge in [-0.2, -0.15) is 0 Å². The van der Waals surface area contributed by atoms with Crippen LogP contribution in [0.3, 0.4) is 0 Å². The molecule has 0 spiro atoms. The Kier molecular flexibility index (Phi) is 7.98. The van der Waals surface area contributed by atoms with Gasteiger partial charge in [0.15, 0.2) is 0 Å². The van der Waals surface area contributed by atoms with Crippen molar-refractivity contribution in [1.29, 1.82) is 0 Å². The standard InChI is InChI=1S/C32H27BrFN3O2/c1-2-29(36(20-19-22-9-4-3-5-10-22)31(38)23-11-8-12-25(34)21-23)30-35-28-14-7-6-13-27(28)32(39)37(30)26-17-15-24(33)16-18-26/h3-18,21,29H,2,19-20H2,1H3. The van der Waals surface area contributed by atoms with Gasteiger partial charge in [0.25, 0.3) is 11.5 Å². The molecule has 5 aromatic rings. The number of hydrogen-bond acceptors (Lipinski definition) is 3. The predicted octanol–water partition coefficient (Wildman–Crippen LogP) is 7.12. The van der Waals surface area contributed by atoms with E-state index < -0.39 is 11.9 Å². The van der Waals surface area contributed by atoms with Gasteiger partial charge in [0.2, 0.25) is 0 Å². The molecule has 196 valence electrons. The van der Waals surface area contributed by atoms with E-state index in [9.17, 15) is 14.0 Å². The second-order valence-electron chi connectivity index (χ2n) is 9.27. The molecular formula is C32H27BrFN3O2. The van der Waals surface area contributed by atoms with Crippen LogP contribution in [0.5, 0.6) is 0 Å². The smallest absolute Gasteiger partial charge is 0.266 e. The second kappa shape index (κ2) is 11.7. The number of para-hydroxylation sites is 1. The highest BCUT2D eigenvalue weighted by Gasteiger charge is 2.30. The van der Waals surface area contributed by atoms with Crippen molar-refractivity contribution in [2.75, 3.05) is 6.54 Å². The molecule has 1 unspecified atom stereocenters. The van der Waals surface area contributed by atoms with Gasteiger partial charge >= 0.3 is 0 Å². The fourth-order valence-corrected chi connectivity index (χ4v) is 5.10. The van der Waals surface area contributed by atoms with Gasteiger partial charge in [0.05, 0.1) is 22.6 Å². The Hall–Kier alpha value is -4.10. The Bertz CT molecular complexity index is 1670. The lowest BCUT2D eigenvalue weighted by atomic mass is 10.1. The summed E-state index contributed by atoms with van der Waals surface area (Å²) in [5, 5.41) is 0.492. The van der Waals surface area contributed by atoms with Crippen LogP contribution in [0.15, 0.2) is 112 Å². The summed E-state index contributed by atoms with van der Waals surface area (Å²) in [6.45, 7) is 2.33. The zero-order chi connectivity index (χ0) is 27.4. The molecule has 7 heteroatoms. The normalized spacial score (nSPS) is 11.9. The van der Waals surface area contributed by atoms with Gasteiger partial charge in [-0.05, 0) is 73.0 Å². The van der Waals surface area contributed by atoms with E-state index in [4.69, 9.17) is 4.98 Å². The van der Waals surface area contributed by atoms with Gasteiger partial charge in [-0.3, -0.25) is 14.2 Å². The van der Waals surface area contributed by atoms with E-state index in [1.807, 2.05) is 79.7 Å². The number of rotatable bonds is 8. The molecule has 1 atom stereocenters. The highest BCUT2D eigenvalue weighted by atomic mass is 79.9. The lowest BCUT2D eigenvalue weighted by molar-refractivity contribution is 0.0661. The number of nitrogens with zero attached hydrogens (tertiary/aromatic N) is 3. The number of benzene rings is 4. The van der Waals surface area contributed by atoms with Crippen LogP contribution in [0.25, 0.3) is 16.6 Å². The van der Waals surface area contributed by atoms with Gasteiger partial charge in [-0.25, -0.2) is 9.37 Å². The maximum atomic E-state index is 14.2. The van der Waals surface area contributed by atoms with Crippen LogP contribution in [0, 0.1) is 5.82 Å². The summed E-state index contributed by atoms with van der Waals surface area (Å²) in [7, 11) is 0. The fraction of sp³-hybridized carbons (Fsp3) is 0.156. The Balaban J connectivity index is 1.68. The van der Waals surface area contributed by atoms with Gasteiger partial charge in [0.1, 0.15) is 11.6 Å². The molecule has 1 heterocycles. The third-order valence-electron chi connectivity index (χ3n) is 6.76. The molecule has 4 aromatic carbocycles. The largest absolute Gasteiger partial charge is 0.328 e. The molecule has 1 aromatic heterocycles. The molecule has 0 saturated heterocycles. The van der Waals surface area contributed by atoms with Crippen molar-refractivity contribution >= 4 is 32.7 Å². The van der Waals surface area contributed by atoms with Crippen LogP contribution in [0.2, 0.25) is 0 Å². The van der Waals surface area contributed by atoms with Gasteiger partial charge in [-0.1, -0.05) is 71.4 Å². The van der Waals surface area contributed by atoms with E-state index >= 15 is 0 Å². The maximum absolute atomic E-state index is 14.2. The molecular weight excluding hydrogens is 557 g/mol. The van der Waals surface area contributed by atoms with Crippen molar-refractivity contribution in [3.8, 4) is 5.69 Å². The molecule has 0 bridgehead atoms. The molecule has 0 fully saturated rings. The minimum absolute atomic E-state index is 0.211. The molecule has 39 heavy (non-hydrogen) atoms. The van der Waals surface area contributed by atoms with E-state index in [0.29, 0.717) is 41.8 Å². The molecule has 0 aliphatic rings. The molecule has 1 amide bonds. The Morgan fingerprint density at radius 1 is 0.949 bits per heavy atom. The minimum atomic E-state index is -0.551. The summed E-state index contributed by atoms with van der Waals surface area (Å²) < 4.78 is 16.6. The molecule has 0 N–H and O–H groups in total. The maximum Gasteiger partial charge on any atom is 0.266 e. The highest BCUT2D eigenvalue weighted by Crippen LogP contribution is 2.28. The quantitative estimate of drug-likeness (QED) is 0.195. The zero-order valence-corrected chi connectivity index (χ0v) is 23.0. The van der Waals surface area contributed by atoms with Gasteiger partial charge in [-0.15, -0.1) is 0 Å². The molecule has 0 aliphatic carbocycles. The van der Waals surface area contributed by atoms with Crippen molar-refractivity contribution in [3.63, 3.8) is 0 Å². The number of amides is 1. The number of carbonyl (C=O) groups excluding carboxylic acids is 1. The second-order valence-corrected chi connectivity index (χ2v) is 10.2. The Morgan fingerprint density at radius 3 is 2.38 bits per heavy atom. The van der Waals surface area contributed by atoms with Crippen molar-refractivity contribution < 1.29 is 9.18 Å². The van der Waals surface area contributed by atoms with Crippen LogP contribution >= 0.6 is 15.9 Å². The van der Waals surface area contributed by atoms with E-state index in [1.54, 1.807) is 21.6 Å². The van der Waals surface area contributed by atoms with E-state index in [0.717, 1.165) is 10.0 Å². The lowest BCUT2D eigenvalue weighted by Crippen LogP contribution is -2.39. The van der Waals surface area contributed by atoms with Gasteiger partial charge < -0.3 is 4.90 Å². The zero-order valence-electron chi connectivity index (χ0n) is 21.4. The topological polar surface area (TPSA) is 55.2 Å². The summed E-state index contributed by atoms with van der Waals surface area (Å²) in [5.41, 5.74) is 2.32. The van der Waals surface area contributed by atoms with Crippen LogP contribution in [0.1, 0.15) is 41.1 Å². The first-order valence-electron chi connectivity index (χ1n) is 12.8. The molecule has 5 nitrogen and oxygen atoms in total. The van der Waals surface area contributed by atoms with Crippen molar-refractivity contribution in [1.82, 2.24) is 14.5 Å². The van der Waals surface area contributed by atoms with Crippen LogP contribution in [-0.4, -0.2) is 26.9 Å². The van der Waals surface area contributed by atoms with Crippen LogP contribution in [-0.2, 0) is 6.42 Å². The Morgan fingerprint density at radius 2 is 1.67 bits per heavy atom. The number of halogens is 2. The van der Waals surface area contributed by atoms with E-state index in [1.165, 1.54) is 18.2 Å². The first-order valence-corrected chi connectivity index (χ1v) is 13.6. The van der Waals surface area contributed by atoms with E-state index in [-0.39, 0.29) is 17.0 Å². The average Bonchev–Trinajstić information content (AvgIpc) is 2.96. The highest BCUT2D eigenvalue weighted by molar-refractivity contribution is 9.10. The monoisotopic (exact) mass is 583 g/mol. The van der Waals surface area contributed by atoms with Crippen LogP contribution in [0.4, 0.5) is 4.39 Å². The number of aromatic nitrogens is 2. The molecule has 0 saturated carbocycles. The number of hydrogen-bond donors (Lipinski definition) is 0. The molecule has 5 rings (SSSR count). The summed E-state index contributed by atoms with van der Waals surface area (Å²) in [6.07, 6.45) is 1.09. The number of carbonyl (C=O) groups is 1. The first-order chi connectivity index (χ1) is 19.0. The minimum Gasteiger partial charge on any atom is -0.328 e. The molecule has 0 radical (unpaired) electrons.